The van der Waals surface area contributed by atoms with Crippen molar-refractivity contribution < 1.29 is 14.2 Å². The molecule has 6 rings (SSSR count). The predicted molar refractivity (Wildman–Crippen MR) is 138 cm³/mol. The summed E-state index contributed by atoms with van der Waals surface area (Å²) in [6, 6.07) is 17.5. The quantitative estimate of drug-likeness (QED) is 0.321. The number of morpholine rings is 1. The van der Waals surface area contributed by atoms with Crippen LogP contribution in [-0.2, 0) is 24.1 Å². The molecule has 4 aromatic rings. The summed E-state index contributed by atoms with van der Waals surface area (Å²) in [5.74, 6) is 4.39. The standard InChI is InChI=1S/C28H29N3O3S/c1-19-10-11-23-24(16-19)35-28-26(23)27(29-25(30-28)18-31-12-14-32-15-13-31)34-22-9-5-8-21(17-22)33-20-6-3-2-4-7-20/h2-9,17,19H,10-16,18H2,1H3. The lowest BCUT2D eigenvalue weighted by molar-refractivity contribution is 0.0330. The van der Waals surface area contributed by atoms with E-state index in [2.05, 4.69) is 11.8 Å². The SMILES string of the molecule is CC1CCc2c(sc3nc(CN4CCOCC4)nc(Oc4cccc(Oc5ccccc5)c4)c23)C1. The lowest BCUT2D eigenvalue weighted by Gasteiger charge is -2.25. The van der Waals surface area contributed by atoms with Gasteiger partial charge in [0.1, 0.15) is 27.9 Å². The lowest BCUT2D eigenvalue weighted by Crippen LogP contribution is -2.36. The van der Waals surface area contributed by atoms with Crippen LogP contribution in [0.3, 0.4) is 0 Å². The first-order valence-corrected chi connectivity index (χ1v) is 13.1. The highest BCUT2D eigenvalue weighted by Crippen LogP contribution is 2.42. The Hall–Kier alpha value is -3.00. The second kappa shape index (κ2) is 9.93. The summed E-state index contributed by atoms with van der Waals surface area (Å²) >= 11 is 1.81. The number of fused-ring (bicyclic) bond motifs is 3. The summed E-state index contributed by atoms with van der Waals surface area (Å²) in [7, 11) is 0. The van der Waals surface area contributed by atoms with Crippen LogP contribution in [0, 0.1) is 5.92 Å². The van der Waals surface area contributed by atoms with Crippen LogP contribution in [0.2, 0.25) is 0 Å². The number of aromatic nitrogens is 2. The number of rotatable bonds is 6. The first-order chi connectivity index (χ1) is 17.2. The maximum absolute atomic E-state index is 6.48. The lowest BCUT2D eigenvalue weighted by atomic mass is 9.89. The number of ether oxygens (including phenoxy) is 3. The van der Waals surface area contributed by atoms with E-state index >= 15 is 0 Å². The third-order valence-electron chi connectivity index (χ3n) is 6.64. The number of benzene rings is 2. The minimum Gasteiger partial charge on any atom is -0.457 e. The average molecular weight is 488 g/mol. The molecule has 0 spiro atoms. The molecular weight excluding hydrogens is 458 g/mol. The summed E-state index contributed by atoms with van der Waals surface area (Å²) in [5.41, 5.74) is 1.37. The van der Waals surface area contributed by atoms with Crippen LogP contribution in [-0.4, -0.2) is 41.2 Å². The van der Waals surface area contributed by atoms with Gasteiger partial charge in [-0.2, -0.15) is 4.98 Å². The van der Waals surface area contributed by atoms with Crippen LogP contribution in [0.15, 0.2) is 54.6 Å². The van der Waals surface area contributed by atoms with Crippen LogP contribution in [0.5, 0.6) is 23.1 Å². The van der Waals surface area contributed by atoms with E-state index in [0.717, 1.165) is 66.7 Å². The molecule has 180 valence electrons. The van der Waals surface area contributed by atoms with Crippen molar-refractivity contribution in [3.8, 4) is 23.1 Å². The normalized spacial score (nSPS) is 18.4. The van der Waals surface area contributed by atoms with Gasteiger partial charge in [0.05, 0.1) is 25.1 Å². The Morgan fingerprint density at radius 1 is 0.971 bits per heavy atom. The monoisotopic (exact) mass is 487 g/mol. The molecule has 1 fully saturated rings. The van der Waals surface area contributed by atoms with E-state index in [-0.39, 0.29) is 0 Å². The van der Waals surface area contributed by atoms with Gasteiger partial charge in [-0.1, -0.05) is 31.2 Å². The minimum atomic E-state index is 0.655. The van der Waals surface area contributed by atoms with E-state index < -0.39 is 0 Å². The molecule has 0 bridgehead atoms. The van der Waals surface area contributed by atoms with Gasteiger partial charge in [0.2, 0.25) is 5.88 Å². The van der Waals surface area contributed by atoms with Crippen molar-refractivity contribution >= 4 is 21.6 Å². The van der Waals surface area contributed by atoms with E-state index in [0.29, 0.717) is 24.1 Å². The molecule has 2 aliphatic rings. The largest absolute Gasteiger partial charge is 0.457 e. The van der Waals surface area contributed by atoms with E-state index in [1.54, 1.807) is 0 Å². The molecule has 1 aliphatic heterocycles. The van der Waals surface area contributed by atoms with Crippen LogP contribution in [0.4, 0.5) is 0 Å². The molecule has 0 radical (unpaired) electrons. The first kappa shape index (κ1) is 22.5. The molecule has 0 amide bonds. The molecule has 2 aromatic carbocycles. The molecular formula is C28H29N3O3S. The molecule has 0 saturated carbocycles. The predicted octanol–water partition coefficient (Wildman–Crippen LogP) is 6.23. The molecule has 0 N–H and O–H groups in total. The molecule has 1 atom stereocenters. The van der Waals surface area contributed by atoms with Gasteiger partial charge in [-0.05, 0) is 55.0 Å². The average Bonchev–Trinajstić information content (AvgIpc) is 3.23. The summed E-state index contributed by atoms with van der Waals surface area (Å²) in [6.45, 7) is 6.34. The van der Waals surface area contributed by atoms with Crippen molar-refractivity contribution in [3.63, 3.8) is 0 Å². The van der Waals surface area contributed by atoms with E-state index in [1.807, 2.05) is 65.9 Å². The molecule has 1 unspecified atom stereocenters. The second-order valence-corrected chi connectivity index (χ2v) is 10.4. The van der Waals surface area contributed by atoms with Crippen LogP contribution >= 0.6 is 11.3 Å². The molecule has 1 aliphatic carbocycles. The van der Waals surface area contributed by atoms with Crippen molar-refractivity contribution in [1.29, 1.82) is 0 Å². The highest BCUT2D eigenvalue weighted by molar-refractivity contribution is 7.18. The van der Waals surface area contributed by atoms with E-state index in [9.17, 15) is 0 Å². The zero-order valence-corrected chi connectivity index (χ0v) is 20.7. The Labute approximate surface area is 209 Å². The van der Waals surface area contributed by atoms with Gasteiger partial charge in [-0.3, -0.25) is 4.90 Å². The summed E-state index contributed by atoms with van der Waals surface area (Å²) in [6.07, 6.45) is 3.35. The van der Waals surface area contributed by atoms with Gasteiger partial charge in [-0.15, -0.1) is 11.3 Å². The number of aryl methyl sites for hydroxylation is 1. The molecule has 35 heavy (non-hydrogen) atoms. The Kier molecular flexibility index (Phi) is 6.37. The molecule has 1 saturated heterocycles. The van der Waals surface area contributed by atoms with Crippen LogP contribution in [0.1, 0.15) is 29.6 Å². The Balaban J connectivity index is 1.35. The third kappa shape index (κ3) is 5.03. The van der Waals surface area contributed by atoms with Gasteiger partial charge in [-0.25, -0.2) is 4.98 Å². The number of hydrogen-bond acceptors (Lipinski definition) is 7. The Bertz CT molecular complexity index is 1320. The fourth-order valence-corrected chi connectivity index (χ4v) is 6.18. The first-order valence-electron chi connectivity index (χ1n) is 12.3. The molecule has 2 aromatic heterocycles. The highest BCUT2D eigenvalue weighted by Gasteiger charge is 2.25. The maximum atomic E-state index is 6.48. The fraction of sp³-hybridized carbons (Fsp3) is 0.357. The van der Waals surface area contributed by atoms with E-state index in [4.69, 9.17) is 24.2 Å². The topological polar surface area (TPSA) is 56.7 Å². The Morgan fingerprint density at radius 2 is 1.74 bits per heavy atom. The van der Waals surface area contributed by atoms with E-state index in [1.165, 1.54) is 16.9 Å². The fourth-order valence-electron chi connectivity index (χ4n) is 4.79. The zero-order valence-electron chi connectivity index (χ0n) is 19.9. The molecule has 7 heteroatoms. The summed E-state index contributed by atoms with van der Waals surface area (Å²) in [5, 5.41) is 1.08. The van der Waals surface area contributed by atoms with Crippen LogP contribution in [0.25, 0.3) is 10.2 Å². The summed E-state index contributed by atoms with van der Waals surface area (Å²) in [4.78, 5) is 14.8. The van der Waals surface area contributed by atoms with Crippen molar-refractivity contribution in [3.05, 3.63) is 70.9 Å². The number of thiophene rings is 1. The van der Waals surface area contributed by atoms with Crippen molar-refractivity contribution in [1.82, 2.24) is 14.9 Å². The van der Waals surface area contributed by atoms with Gasteiger partial charge in [0.25, 0.3) is 0 Å². The van der Waals surface area contributed by atoms with Gasteiger partial charge >= 0.3 is 0 Å². The third-order valence-corrected chi connectivity index (χ3v) is 7.78. The van der Waals surface area contributed by atoms with Gasteiger partial charge in [0.15, 0.2) is 0 Å². The second-order valence-electron chi connectivity index (χ2n) is 9.36. The zero-order chi connectivity index (χ0) is 23.6. The van der Waals surface area contributed by atoms with Crippen LogP contribution < -0.4 is 9.47 Å². The van der Waals surface area contributed by atoms with Gasteiger partial charge in [0, 0.05) is 24.0 Å². The number of nitrogens with zero attached hydrogens (tertiary/aromatic N) is 3. The van der Waals surface area contributed by atoms with Crippen molar-refractivity contribution in [2.75, 3.05) is 26.3 Å². The summed E-state index contributed by atoms with van der Waals surface area (Å²) < 4.78 is 18.0. The smallest absolute Gasteiger partial charge is 0.231 e. The number of hydrogen-bond donors (Lipinski definition) is 0. The maximum Gasteiger partial charge on any atom is 0.231 e. The van der Waals surface area contributed by atoms with Crippen molar-refractivity contribution in [2.24, 2.45) is 5.92 Å². The highest BCUT2D eigenvalue weighted by atomic mass is 32.1. The van der Waals surface area contributed by atoms with Gasteiger partial charge < -0.3 is 14.2 Å². The molecule has 3 heterocycles. The Morgan fingerprint density at radius 3 is 2.57 bits per heavy atom. The number of para-hydroxylation sites is 1. The van der Waals surface area contributed by atoms with Crippen molar-refractivity contribution in [2.45, 2.75) is 32.7 Å². The minimum absolute atomic E-state index is 0.655. The molecule has 6 nitrogen and oxygen atoms in total.